The molecule has 1 aromatic rings. The van der Waals surface area contributed by atoms with Crippen LogP contribution in [0.15, 0.2) is 24.3 Å². The van der Waals surface area contributed by atoms with Crippen molar-refractivity contribution in [2.75, 3.05) is 26.7 Å². The van der Waals surface area contributed by atoms with Gasteiger partial charge in [-0.1, -0.05) is 12.1 Å². The van der Waals surface area contributed by atoms with E-state index in [0.717, 1.165) is 32.0 Å². The molecule has 1 amide bonds. The number of para-hydroxylation sites is 1. The van der Waals surface area contributed by atoms with Crippen LogP contribution >= 0.6 is 0 Å². The lowest BCUT2D eigenvalue weighted by Gasteiger charge is -2.29. The lowest BCUT2D eigenvalue weighted by Crippen LogP contribution is -2.41. The average Bonchev–Trinajstić information content (AvgIpc) is 2.53. The third kappa shape index (κ3) is 5.12. The van der Waals surface area contributed by atoms with E-state index in [2.05, 4.69) is 17.3 Å². The van der Waals surface area contributed by atoms with Crippen LogP contribution in [-0.2, 0) is 11.0 Å². The molecular weight excluding hydrogens is 321 g/mol. The Morgan fingerprint density at radius 3 is 2.58 bits per heavy atom. The molecule has 2 rings (SSSR count). The number of nitrogens with zero attached hydrogens (tertiary/aromatic N) is 1. The Morgan fingerprint density at radius 2 is 1.96 bits per heavy atom. The Balaban J connectivity index is 1.88. The quantitative estimate of drug-likeness (QED) is 0.893. The summed E-state index contributed by atoms with van der Waals surface area (Å²) in [5.41, 5.74) is -0.875. The van der Waals surface area contributed by atoms with E-state index in [1.54, 1.807) is 0 Å². The maximum Gasteiger partial charge on any atom is 0.419 e. The first-order valence-electron chi connectivity index (χ1n) is 8.06. The van der Waals surface area contributed by atoms with Crippen LogP contribution in [0.5, 0.6) is 5.75 Å². The first-order valence-corrected chi connectivity index (χ1v) is 8.06. The minimum absolute atomic E-state index is 0.327. The van der Waals surface area contributed by atoms with Crippen molar-refractivity contribution in [3.63, 3.8) is 0 Å². The van der Waals surface area contributed by atoms with E-state index in [0.29, 0.717) is 12.5 Å². The van der Waals surface area contributed by atoms with Crippen molar-refractivity contribution < 1.29 is 22.7 Å². The van der Waals surface area contributed by atoms with E-state index in [-0.39, 0.29) is 5.75 Å². The van der Waals surface area contributed by atoms with Gasteiger partial charge in [0.25, 0.3) is 5.91 Å². The Morgan fingerprint density at radius 1 is 1.33 bits per heavy atom. The fourth-order valence-electron chi connectivity index (χ4n) is 2.70. The number of rotatable bonds is 5. The molecule has 134 valence electrons. The normalized spacial score (nSPS) is 18.2. The monoisotopic (exact) mass is 344 g/mol. The SMILES string of the molecule is C[C@@H](Oc1ccccc1C(F)(F)F)C(=O)NCC1CCN(C)CC1. The number of carbonyl (C=O) groups excluding carboxylic acids is 1. The summed E-state index contributed by atoms with van der Waals surface area (Å²) in [5.74, 6) is -0.322. The second-order valence-corrected chi connectivity index (χ2v) is 6.25. The summed E-state index contributed by atoms with van der Waals surface area (Å²) in [5, 5.41) is 2.78. The van der Waals surface area contributed by atoms with Crippen LogP contribution in [0.4, 0.5) is 13.2 Å². The molecule has 0 spiro atoms. The number of hydrogen-bond acceptors (Lipinski definition) is 3. The van der Waals surface area contributed by atoms with Crippen LogP contribution < -0.4 is 10.1 Å². The number of halogens is 3. The van der Waals surface area contributed by atoms with Gasteiger partial charge in [0.05, 0.1) is 5.56 Å². The van der Waals surface area contributed by atoms with Crippen molar-refractivity contribution in [2.45, 2.75) is 32.0 Å². The van der Waals surface area contributed by atoms with Crippen molar-refractivity contribution in [2.24, 2.45) is 5.92 Å². The van der Waals surface area contributed by atoms with Crippen molar-refractivity contribution in [1.29, 1.82) is 0 Å². The zero-order valence-corrected chi connectivity index (χ0v) is 13.9. The zero-order valence-electron chi connectivity index (χ0n) is 13.9. The van der Waals surface area contributed by atoms with Crippen molar-refractivity contribution in [3.05, 3.63) is 29.8 Å². The number of likely N-dealkylation sites (tertiary alicyclic amines) is 1. The van der Waals surface area contributed by atoms with Gasteiger partial charge in [-0.15, -0.1) is 0 Å². The zero-order chi connectivity index (χ0) is 17.7. The molecule has 1 atom stereocenters. The minimum Gasteiger partial charge on any atom is -0.480 e. The van der Waals surface area contributed by atoms with E-state index in [1.807, 2.05) is 0 Å². The lowest BCUT2D eigenvalue weighted by molar-refractivity contribution is -0.140. The summed E-state index contributed by atoms with van der Waals surface area (Å²) >= 11 is 0. The standard InChI is InChI=1S/C17H23F3N2O2/c1-12(16(23)21-11-13-7-9-22(2)10-8-13)24-15-6-4-3-5-14(15)17(18,19)20/h3-6,12-13H,7-11H2,1-2H3,(H,21,23)/t12-/m1/s1. The van der Waals surface area contributed by atoms with Crippen molar-refractivity contribution in [3.8, 4) is 5.75 Å². The molecule has 0 saturated carbocycles. The molecule has 7 heteroatoms. The molecule has 0 bridgehead atoms. The molecule has 1 aliphatic heterocycles. The molecule has 0 unspecified atom stereocenters. The van der Waals surface area contributed by atoms with E-state index < -0.39 is 23.8 Å². The summed E-state index contributed by atoms with van der Waals surface area (Å²) in [6.07, 6.45) is -3.49. The highest BCUT2D eigenvalue weighted by molar-refractivity contribution is 5.80. The van der Waals surface area contributed by atoms with E-state index in [9.17, 15) is 18.0 Å². The fraction of sp³-hybridized carbons (Fsp3) is 0.588. The molecule has 0 radical (unpaired) electrons. The van der Waals surface area contributed by atoms with Gasteiger partial charge < -0.3 is 15.0 Å². The molecular formula is C17H23F3N2O2. The molecule has 24 heavy (non-hydrogen) atoms. The van der Waals surface area contributed by atoms with E-state index in [4.69, 9.17) is 4.74 Å². The molecule has 0 aromatic heterocycles. The number of amides is 1. The first kappa shape index (κ1) is 18.6. The number of piperidine rings is 1. The van der Waals surface area contributed by atoms with Crippen LogP contribution in [0.1, 0.15) is 25.3 Å². The molecule has 1 saturated heterocycles. The number of alkyl halides is 3. The van der Waals surface area contributed by atoms with Gasteiger partial charge in [-0.25, -0.2) is 0 Å². The predicted octanol–water partition coefficient (Wildman–Crippen LogP) is 2.93. The van der Waals surface area contributed by atoms with Gasteiger partial charge in [-0.3, -0.25) is 4.79 Å². The highest BCUT2D eigenvalue weighted by atomic mass is 19.4. The lowest BCUT2D eigenvalue weighted by atomic mass is 9.97. The summed E-state index contributed by atoms with van der Waals surface area (Å²) in [6.45, 7) is 3.97. The second kappa shape index (κ2) is 7.88. The number of hydrogen-bond donors (Lipinski definition) is 1. The average molecular weight is 344 g/mol. The number of benzene rings is 1. The van der Waals surface area contributed by atoms with Crippen molar-refractivity contribution >= 4 is 5.91 Å². The molecule has 1 heterocycles. The van der Waals surface area contributed by atoms with Gasteiger partial charge in [-0.2, -0.15) is 13.2 Å². The smallest absolute Gasteiger partial charge is 0.419 e. The molecule has 1 fully saturated rings. The number of nitrogens with one attached hydrogen (secondary N) is 1. The fourth-order valence-corrected chi connectivity index (χ4v) is 2.70. The predicted molar refractivity (Wildman–Crippen MR) is 84.8 cm³/mol. The van der Waals surface area contributed by atoms with Crippen molar-refractivity contribution in [1.82, 2.24) is 10.2 Å². The van der Waals surface area contributed by atoms with Gasteiger partial charge >= 0.3 is 6.18 Å². The second-order valence-electron chi connectivity index (χ2n) is 6.25. The Labute approximate surface area is 140 Å². The Hall–Kier alpha value is -1.76. The van der Waals surface area contributed by atoms with Crippen LogP contribution in [0.2, 0.25) is 0 Å². The van der Waals surface area contributed by atoms with Crippen LogP contribution in [0.3, 0.4) is 0 Å². The summed E-state index contributed by atoms with van der Waals surface area (Å²) in [4.78, 5) is 14.3. The van der Waals surface area contributed by atoms with E-state index >= 15 is 0 Å². The largest absolute Gasteiger partial charge is 0.480 e. The highest BCUT2D eigenvalue weighted by Crippen LogP contribution is 2.36. The van der Waals surface area contributed by atoms with Gasteiger partial charge in [0, 0.05) is 6.54 Å². The van der Waals surface area contributed by atoms with Gasteiger partial charge in [0.1, 0.15) is 5.75 Å². The minimum atomic E-state index is -4.51. The Kier molecular flexibility index (Phi) is 6.10. The molecule has 1 aliphatic rings. The van der Waals surface area contributed by atoms with Crippen LogP contribution in [0, 0.1) is 5.92 Å². The highest BCUT2D eigenvalue weighted by Gasteiger charge is 2.34. The van der Waals surface area contributed by atoms with Crippen LogP contribution in [0.25, 0.3) is 0 Å². The maximum atomic E-state index is 12.9. The molecule has 1 aromatic carbocycles. The topological polar surface area (TPSA) is 41.6 Å². The van der Waals surface area contributed by atoms with Gasteiger partial charge in [-0.05, 0) is 58.0 Å². The van der Waals surface area contributed by atoms with Gasteiger partial charge in [0.15, 0.2) is 6.10 Å². The summed E-state index contributed by atoms with van der Waals surface area (Å²) < 4.78 is 44.1. The summed E-state index contributed by atoms with van der Waals surface area (Å²) in [6, 6.07) is 4.91. The first-order chi connectivity index (χ1) is 11.3. The third-order valence-electron chi connectivity index (χ3n) is 4.27. The van der Waals surface area contributed by atoms with Crippen LogP contribution in [-0.4, -0.2) is 43.6 Å². The third-order valence-corrected chi connectivity index (χ3v) is 4.27. The Bertz CT molecular complexity index is 555. The van der Waals surface area contributed by atoms with Gasteiger partial charge in [0.2, 0.25) is 0 Å². The maximum absolute atomic E-state index is 12.9. The molecule has 4 nitrogen and oxygen atoms in total. The molecule has 0 aliphatic carbocycles. The summed E-state index contributed by atoms with van der Waals surface area (Å²) in [7, 11) is 2.06. The molecule has 1 N–H and O–H groups in total. The number of ether oxygens (including phenoxy) is 1. The van der Waals surface area contributed by atoms with E-state index in [1.165, 1.54) is 25.1 Å². The number of carbonyl (C=O) groups is 1.